The van der Waals surface area contributed by atoms with Crippen molar-refractivity contribution in [3.8, 4) is 0 Å². The fourth-order valence-corrected chi connectivity index (χ4v) is 2.80. The van der Waals surface area contributed by atoms with Gasteiger partial charge in [0.1, 0.15) is 0 Å². The number of hydrogen-bond donors (Lipinski definition) is 1. The summed E-state index contributed by atoms with van der Waals surface area (Å²) in [6.45, 7) is 9.94. The van der Waals surface area contributed by atoms with Crippen molar-refractivity contribution in [2.24, 2.45) is 0 Å². The van der Waals surface area contributed by atoms with Gasteiger partial charge < -0.3 is 15.1 Å². The number of nitrogens with zero attached hydrogens (tertiary/aromatic N) is 2. The van der Waals surface area contributed by atoms with Crippen LogP contribution in [0.5, 0.6) is 0 Å². The molecule has 0 atom stereocenters. The molecular formula is C17H27N3O. The fraction of sp³-hybridized carbons (Fsp3) is 0.588. The Kier molecular flexibility index (Phi) is 6.05. The third kappa shape index (κ3) is 4.21. The van der Waals surface area contributed by atoms with Crippen molar-refractivity contribution >= 4 is 11.6 Å². The van der Waals surface area contributed by atoms with Crippen molar-refractivity contribution in [2.75, 3.05) is 44.2 Å². The maximum atomic E-state index is 12.7. The van der Waals surface area contributed by atoms with Gasteiger partial charge in [0.25, 0.3) is 5.91 Å². The van der Waals surface area contributed by atoms with Crippen molar-refractivity contribution in [1.82, 2.24) is 10.2 Å². The number of hydrogen-bond acceptors (Lipinski definition) is 3. The number of benzene rings is 1. The number of carbonyl (C=O) groups is 1. The van der Waals surface area contributed by atoms with Crippen molar-refractivity contribution < 1.29 is 4.79 Å². The second-order valence-electron chi connectivity index (χ2n) is 5.58. The molecule has 0 aromatic heterocycles. The lowest BCUT2D eigenvalue weighted by atomic mass is 10.1. The highest BCUT2D eigenvalue weighted by atomic mass is 16.2. The number of rotatable bonds is 6. The summed E-state index contributed by atoms with van der Waals surface area (Å²) < 4.78 is 0. The molecule has 4 nitrogen and oxygen atoms in total. The van der Waals surface area contributed by atoms with E-state index in [0.29, 0.717) is 0 Å². The molecule has 0 saturated carbocycles. The molecule has 0 bridgehead atoms. The molecule has 0 radical (unpaired) electrons. The average molecular weight is 289 g/mol. The zero-order chi connectivity index (χ0) is 15.1. The second-order valence-corrected chi connectivity index (χ2v) is 5.58. The molecule has 0 spiro atoms. The van der Waals surface area contributed by atoms with E-state index in [1.807, 2.05) is 23.1 Å². The predicted octanol–water partition coefficient (Wildman–Crippen LogP) is 2.36. The molecule has 2 rings (SSSR count). The molecule has 1 saturated heterocycles. The van der Waals surface area contributed by atoms with E-state index in [9.17, 15) is 4.79 Å². The highest BCUT2D eigenvalue weighted by molar-refractivity contribution is 5.95. The van der Waals surface area contributed by atoms with Crippen LogP contribution >= 0.6 is 0 Å². The number of anilines is 1. The summed E-state index contributed by atoms with van der Waals surface area (Å²) in [5.41, 5.74) is 1.98. The molecule has 116 valence electrons. The molecule has 21 heavy (non-hydrogen) atoms. The van der Waals surface area contributed by atoms with Gasteiger partial charge >= 0.3 is 0 Å². The fourth-order valence-electron chi connectivity index (χ4n) is 2.80. The Morgan fingerprint density at radius 3 is 2.48 bits per heavy atom. The van der Waals surface area contributed by atoms with Crippen LogP contribution in [0.25, 0.3) is 0 Å². The van der Waals surface area contributed by atoms with Crippen LogP contribution in [0.15, 0.2) is 24.3 Å². The van der Waals surface area contributed by atoms with Gasteiger partial charge in [0, 0.05) is 50.5 Å². The van der Waals surface area contributed by atoms with Gasteiger partial charge in [0.2, 0.25) is 0 Å². The van der Waals surface area contributed by atoms with Gasteiger partial charge in [0.15, 0.2) is 0 Å². The average Bonchev–Trinajstić information content (AvgIpc) is 2.55. The van der Waals surface area contributed by atoms with Crippen LogP contribution in [0.2, 0.25) is 0 Å². The minimum absolute atomic E-state index is 0.163. The van der Waals surface area contributed by atoms with Gasteiger partial charge in [-0.05, 0) is 31.0 Å². The van der Waals surface area contributed by atoms with E-state index in [-0.39, 0.29) is 5.91 Å². The summed E-state index contributed by atoms with van der Waals surface area (Å²) in [6.07, 6.45) is 2.01. The molecule has 1 aromatic carbocycles. The maximum absolute atomic E-state index is 12.7. The van der Waals surface area contributed by atoms with Crippen LogP contribution < -0.4 is 10.2 Å². The quantitative estimate of drug-likeness (QED) is 0.873. The van der Waals surface area contributed by atoms with Gasteiger partial charge in [-0.15, -0.1) is 0 Å². The van der Waals surface area contributed by atoms with Crippen LogP contribution in [-0.2, 0) is 0 Å². The Balaban J connectivity index is 2.13. The van der Waals surface area contributed by atoms with Gasteiger partial charge in [-0.3, -0.25) is 4.79 Å². The lowest BCUT2D eigenvalue weighted by Gasteiger charge is -2.30. The van der Waals surface area contributed by atoms with Gasteiger partial charge in [0.05, 0.1) is 0 Å². The first-order chi connectivity index (χ1) is 10.3. The maximum Gasteiger partial charge on any atom is 0.253 e. The Bertz CT molecular complexity index is 449. The molecule has 4 heteroatoms. The number of piperazine rings is 1. The van der Waals surface area contributed by atoms with E-state index in [1.165, 1.54) is 0 Å². The van der Waals surface area contributed by atoms with Crippen molar-refractivity contribution in [3.05, 3.63) is 29.8 Å². The molecule has 0 aliphatic carbocycles. The van der Waals surface area contributed by atoms with Crippen molar-refractivity contribution in [3.63, 3.8) is 0 Å². The standard InChI is InChI=1S/C17H27N3O/c1-3-10-20(11-4-2)17(21)15-6-5-7-16(14-15)19-12-8-18-9-13-19/h5-7,14,18H,3-4,8-13H2,1-2H3. The molecule has 1 amide bonds. The molecule has 1 heterocycles. The number of carbonyl (C=O) groups excluding carboxylic acids is 1. The smallest absolute Gasteiger partial charge is 0.253 e. The number of amides is 1. The largest absolute Gasteiger partial charge is 0.369 e. The first-order valence-corrected chi connectivity index (χ1v) is 8.11. The van der Waals surface area contributed by atoms with Crippen LogP contribution in [0.4, 0.5) is 5.69 Å². The van der Waals surface area contributed by atoms with Gasteiger partial charge in [-0.2, -0.15) is 0 Å². The van der Waals surface area contributed by atoms with E-state index in [2.05, 4.69) is 30.1 Å². The Hall–Kier alpha value is -1.55. The summed E-state index contributed by atoms with van der Waals surface area (Å²) in [6, 6.07) is 8.09. The summed E-state index contributed by atoms with van der Waals surface area (Å²) in [7, 11) is 0. The molecule has 0 unspecified atom stereocenters. The highest BCUT2D eigenvalue weighted by Crippen LogP contribution is 2.18. The topological polar surface area (TPSA) is 35.6 Å². The van der Waals surface area contributed by atoms with E-state index < -0.39 is 0 Å². The zero-order valence-electron chi connectivity index (χ0n) is 13.3. The summed E-state index contributed by atoms with van der Waals surface area (Å²) >= 11 is 0. The minimum atomic E-state index is 0.163. The van der Waals surface area contributed by atoms with Crippen molar-refractivity contribution in [1.29, 1.82) is 0 Å². The molecule has 1 aliphatic rings. The molecular weight excluding hydrogens is 262 g/mol. The number of nitrogens with one attached hydrogen (secondary N) is 1. The first kappa shape index (κ1) is 15.8. The summed E-state index contributed by atoms with van der Waals surface area (Å²) in [5, 5.41) is 3.36. The van der Waals surface area contributed by atoms with Crippen LogP contribution in [0, 0.1) is 0 Å². The Morgan fingerprint density at radius 1 is 1.19 bits per heavy atom. The van der Waals surface area contributed by atoms with Gasteiger partial charge in [-0.25, -0.2) is 0 Å². The third-order valence-electron chi connectivity index (χ3n) is 3.85. The van der Waals surface area contributed by atoms with E-state index in [1.54, 1.807) is 0 Å². The second kappa shape index (κ2) is 8.03. The minimum Gasteiger partial charge on any atom is -0.369 e. The summed E-state index contributed by atoms with van der Waals surface area (Å²) in [4.78, 5) is 17.0. The molecule has 1 N–H and O–H groups in total. The predicted molar refractivity (Wildman–Crippen MR) is 88.0 cm³/mol. The molecule has 1 aromatic rings. The monoisotopic (exact) mass is 289 g/mol. The Labute approximate surface area is 128 Å². The third-order valence-corrected chi connectivity index (χ3v) is 3.85. The zero-order valence-corrected chi connectivity index (χ0v) is 13.3. The van der Waals surface area contributed by atoms with Gasteiger partial charge in [-0.1, -0.05) is 19.9 Å². The first-order valence-electron chi connectivity index (χ1n) is 8.11. The Morgan fingerprint density at radius 2 is 1.86 bits per heavy atom. The lowest BCUT2D eigenvalue weighted by Crippen LogP contribution is -2.43. The van der Waals surface area contributed by atoms with Crippen LogP contribution in [-0.4, -0.2) is 50.1 Å². The highest BCUT2D eigenvalue weighted by Gasteiger charge is 2.16. The van der Waals surface area contributed by atoms with E-state index >= 15 is 0 Å². The molecule has 1 fully saturated rings. The lowest BCUT2D eigenvalue weighted by molar-refractivity contribution is 0.0755. The van der Waals surface area contributed by atoms with Crippen LogP contribution in [0.1, 0.15) is 37.0 Å². The summed E-state index contributed by atoms with van der Waals surface area (Å²) in [5.74, 6) is 0.163. The van der Waals surface area contributed by atoms with Crippen molar-refractivity contribution in [2.45, 2.75) is 26.7 Å². The van der Waals surface area contributed by atoms with E-state index in [4.69, 9.17) is 0 Å². The SMILES string of the molecule is CCCN(CCC)C(=O)c1cccc(N2CCNCC2)c1. The normalized spacial score (nSPS) is 15.0. The van der Waals surface area contributed by atoms with Crippen LogP contribution in [0.3, 0.4) is 0 Å². The molecule has 1 aliphatic heterocycles. The van der Waals surface area contributed by atoms with E-state index in [0.717, 1.165) is 63.4 Å².